The summed E-state index contributed by atoms with van der Waals surface area (Å²) < 4.78 is 0. The minimum Gasteiger partial charge on any atom is -0.358 e. The van der Waals surface area contributed by atoms with Crippen LogP contribution in [0.25, 0.3) is 0 Å². The van der Waals surface area contributed by atoms with Crippen LogP contribution in [-0.4, -0.2) is 23.3 Å². The van der Waals surface area contributed by atoms with E-state index in [0.717, 1.165) is 4.90 Å². The topological polar surface area (TPSA) is 37.4 Å². The molecule has 0 unspecified atom stereocenters. The molecule has 11 heavy (non-hydrogen) atoms. The number of nitrogens with zero attached hydrogens (tertiary/aromatic N) is 1. The standard InChI is InChI=1S/C6H6NO2.CH3.Mn/c1-2-7-5(8)3-4-6(7)9;;/h3-4H,1-2H2;1H3;/q2*-1;+2. The Hall–Kier alpha value is -0.601. The molecule has 4 heteroatoms. The quantitative estimate of drug-likeness (QED) is 0.339. The Morgan fingerprint density at radius 2 is 1.64 bits per heavy atom. The fourth-order valence-corrected chi connectivity index (χ4v) is 0.652. The molecule has 1 rings (SSSR count). The van der Waals surface area contributed by atoms with Gasteiger partial charge in [0.15, 0.2) is 0 Å². The normalized spacial score (nSPS) is 14.5. The fourth-order valence-electron chi connectivity index (χ4n) is 0.652. The van der Waals surface area contributed by atoms with Gasteiger partial charge in [-0.2, -0.15) is 0 Å². The molecule has 0 aliphatic carbocycles. The average molecular weight is 194 g/mol. The monoisotopic (exact) mass is 194 g/mol. The second-order valence-electron chi connectivity index (χ2n) is 1.66. The van der Waals surface area contributed by atoms with Crippen molar-refractivity contribution in [3.8, 4) is 0 Å². The van der Waals surface area contributed by atoms with Gasteiger partial charge in [0.05, 0.1) is 0 Å². The summed E-state index contributed by atoms with van der Waals surface area (Å²) in [7, 11) is 0. The van der Waals surface area contributed by atoms with Crippen LogP contribution in [0.15, 0.2) is 12.2 Å². The summed E-state index contributed by atoms with van der Waals surface area (Å²) in [6, 6.07) is 0. The number of imide groups is 1. The Morgan fingerprint density at radius 1 is 1.27 bits per heavy atom. The first-order chi connectivity index (χ1) is 4.25. The Morgan fingerprint density at radius 3 is 1.82 bits per heavy atom. The van der Waals surface area contributed by atoms with Crippen molar-refractivity contribution >= 4 is 11.8 Å². The van der Waals surface area contributed by atoms with Gasteiger partial charge in [0, 0.05) is 12.2 Å². The molecule has 3 nitrogen and oxygen atoms in total. The Balaban J connectivity index is 0. The first kappa shape index (κ1) is 13.0. The summed E-state index contributed by atoms with van der Waals surface area (Å²) in [6.07, 6.45) is 2.49. The summed E-state index contributed by atoms with van der Waals surface area (Å²) in [5.74, 6) is -0.537. The largest absolute Gasteiger partial charge is 2.00 e. The maximum atomic E-state index is 10.6. The van der Waals surface area contributed by atoms with Gasteiger partial charge in [0.2, 0.25) is 0 Å². The van der Waals surface area contributed by atoms with E-state index in [9.17, 15) is 9.59 Å². The molecule has 1 radical (unpaired) electrons. The van der Waals surface area contributed by atoms with Crippen LogP contribution in [0.4, 0.5) is 0 Å². The molecule has 1 aliphatic rings. The third-order valence-electron chi connectivity index (χ3n) is 1.12. The van der Waals surface area contributed by atoms with Crippen LogP contribution < -0.4 is 0 Å². The van der Waals surface area contributed by atoms with Crippen LogP contribution >= 0.6 is 0 Å². The molecule has 0 fully saturated rings. The molecule has 61 valence electrons. The zero-order valence-electron chi connectivity index (χ0n) is 6.21. The van der Waals surface area contributed by atoms with E-state index in [4.69, 9.17) is 0 Å². The van der Waals surface area contributed by atoms with Gasteiger partial charge < -0.3 is 19.3 Å². The molecule has 1 aliphatic heterocycles. The number of rotatable bonds is 1. The molecule has 0 aromatic rings. The third-order valence-corrected chi connectivity index (χ3v) is 1.12. The molecular weight excluding hydrogens is 185 g/mol. The molecule has 0 atom stereocenters. The molecule has 0 saturated heterocycles. The van der Waals surface area contributed by atoms with Crippen LogP contribution in [-0.2, 0) is 26.7 Å². The number of amides is 2. The number of carbonyl (C=O) groups is 2. The smallest absolute Gasteiger partial charge is 0.358 e. The minimum absolute atomic E-state index is 0. The average Bonchev–Trinajstić information content (AvgIpc) is 2.12. The van der Waals surface area contributed by atoms with E-state index in [0.29, 0.717) is 0 Å². The molecule has 0 saturated carbocycles. The van der Waals surface area contributed by atoms with E-state index in [2.05, 4.69) is 6.92 Å². The summed E-state index contributed by atoms with van der Waals surface area (Å²) in [4.78, 5) is 22.3. The van der Waals surface area contributed by atoms with Gasteiger partial charge in [-0.15, -0.1) is 0 Å². The maximum Gasteiger partial charge on any atom is 2.00 e. The molecular formula is C7H9MnNO2. The van der Waals surface area contributed by atoms with Crippen molar-refractivity contribution in [3.63, 3.8) is 0 Å². The summed E-state index contributed by atoms with van der Waals surface area (Å²) in [6.45, 7) is 3.63. The van der Waals surface area contributed by atoms with Crippen molar-refractivity contribution in [2.75, 3.05) is 6.54 Å². The van der Waals surface area contributed by atoms with Gasteiger partial charge in [0.25, 0.3) is 11.8 Å². The zero-order chi connectivity index (χ0) is 6.85. The molecule has 0 aromatic heterocycles. The van der Waals surface area contributed by atoms with Gasteiger partial charge in [0.1, 0.15) is 0 Å². The fraction of sp³-hybridized carbons (Fsp3) is 0.143. The van der Waals surface area contributed by atoms with E-state index in [1.807, 2.05) is 0 Å². The predicted octanol–water partition coefficient (Wildman–Crippen LogP) is 0.193. The van der Waals surface area contributed by atoms with Crippen LogP contribution in [0.5, 0.6) is 0 Å². The minimum atomic E-state index is -0.269. The second kappa shape index (κ2) is 5.10. The van der Waals surface area contributed by atoms with E-state index >= 15 is 0 Å². The molecule has 0 aromatic carbocycles. The van der Waals surface area contributed by atoms with Gasteiger partial charge >= 0.3 is 17.1 Å². The Kier molecular flexibility index (Phi) is 6.04. The Labute approximate surface area is 76.9 Å². The first-order valence-electron chi connectivity index (χ1n) is 2.58. The molecule has 0 spiro atoms. The van der Waals surface area contributed by atoms with Crippen molar-refractivity contribution in [1.82, 2.24) is 4.90 Å². The van der Waals surface area contributed by atoms with E-state index in [1.54, 1.807) is 0 Å². The van der Waals surface area contributed by atoms with Crippen LogP contribution in [0.2, 0.25) is 0 Å². The van der Waals surface area contributed by atoms with Gasteiger partial charge in [-0.3, -0.25) is 9.59 Å². The van der Waals surface area contributed by atoms with Crippen LogP contribution in [0.3, 0.4) is 0 Å². The van der Waals surface area contributed by atoms with Gasteiger partial charge in [-0.1, -0.05) is 6.54 Å². The SMILES string of the molecule is [CH2-]CN1C(=O)C=CC1=O.[CH3-].[Mn+2]. The van der Waals surface area contributed by atoms with E-state index < -0.39 is 0 Å². The number of hydrogen-bond donors (Lipinski definition) is 0. The van der Waals surface area contributed by atoms with Crippen molar-refractivity contribution in [3.05, 3.63) is 26.5 Å². The van der Waals surface area contributed by atoms with Crippen molar-refractivity contribution in [2.45, 2.75) is 0 Å². The third kappa shape index (κ3) is 2.48. The van der Waals surface area contributed by atoms with E-state index in [-0.39, 0.29) is 42.9 Å². The zero-order valence-corrected chi connectivity index (χ0v) is 7.39. The molecule has 0 N–H and O–H groups in total. The number of carbonyl (C=O) groups excluding carboxylic acids is 2. The van der Waals surface area contributed by atoms with Crippen molar-refractivity contribution < 1.29 is 26.7 Å². The Bertz CT molecular complexity index is 171. The summed E-state index contributed by atoms with van der Waals surface area (Å²) in [5, 5.41) is 0. The predicted molar refractivity (Wildman–Crippen MR) is 37.6 cm³/mol. The van der Waals surface area contributed by atoms with Crippen molar-refractivity contribution in [1.29, 1.82) is 0 Å². The van der Waals surface area contributed by atoms with Crippen molar-refractivity contribution in [2.24, 2.45) is 0 Å². The summed E-state index contributed by atoms with van der Waals surface area (Å²) in [5.41, 5.74) is 0. The first-order valence-corrected chi connectivity index (χ1v) is 2.58. The molecule has 2 amide bonds. The summed E-state index contributed by atoms with van der Waals surface area (Å²) >= 11 is 0. The van der Waals surface area contributed by atoms with Gasteiger partial charge in [-0.25, -0.2) is 0 Å². The maximum absolute atomic E-state index is 10.6. The van der Waals surface area contributed by atoms with Gasteiger partial charge in [-0.05, 0) is 0 Å². The second-order valence-corrected chi connectivity index (χ2v) is 1.66. The number of hydrogen-bond acceptors (Lipinski definition) is 2. The van der Waals surface area contributed by atoms with Crippen LogP contribution in [0, 0.1) is 14.4 Å². The van der Waals surface area contributed by atoms with E-state index in [1.165, 1.54) is 12.2 Å². The van der Waals surface area contributed by atoms with Crippen LogP contribution in [0.1, 0.15) is 0 Å². The molecule has 1 heterocycles. The molecule has 0 bridgehead atoms.